The first-order valence-corrected chi connectivity index (χ1v) is 9.16. The van der Waals surface area contributed by atoms with Crippen molar-refractivity contribution in [2.75, 3.05) is 0 Å². The molecule has 130 valence electrons. The highest BCUT2D eigenvalue weighted by Crippen LogP contribution is 2.25. The molecule has 2 N–H and O–H groups in total. The highest BCUT2D eigenvalue weighted by molar-refractivity contribution is 5.78. The summed E-state index contributed by atoms with van der Waals surface area (Å²) in [4.78, 5) is 11.8. The number of carbonyl (C=O) groups excluding carboxylic acids is 1. The van der Waals surface area contributed by atoms with E-state index >= 15 is 0 Å². The minimum atomic E-state index is -0.0846. The van der Waals surface area contributed by atoms with Gasteiger partial charge >= 0.3 is 0 Å². The fourth-order valence-corrected chi connectivity index (χ4v) is 2.78. The number of phenols is 2. The Morgan fingerprint density at radius 2 is 1.43 bits per heavy atom. The van der Waals surface area contributed by atoms with Crippen LogP contribution < -0.4 is 0 Å². The first kappa shape index (κ1) is 19.5. The topological polar surface area (TPSA) is 57.5 Å². The van der Waals surface area contributed by atoms with Crippen molar-refractivity contribution in [1.82, 2.24) is 0 Å². The second-order valence-corrected chi connectivity index (χ2v) is 6.44. The summed E-state index contributed by atoms with van der Waals surface area (Å²) < 4.78 is 0. The number of hydrogen-bond acceptors (Lipinski definition) is 3. The lowest BCUT2D eigenvalue weighted by Gasteiger charge is -2.04. The summed E-state index contributed by atoms with van der Waals surface area (Å²) in [6.45, 7) is 2.23. The van der Waals surface area contributed by atoms with Crippen LogP contribution in [0.25, 0.3) is 0 Å². The number of phenolic OH excluding ortho intramolecular Hbond substituents is 2. The van der Waals surface area contributed by atoms with Crippen LogP contribution in [-0.4, -0.2) is 16.0 Å². The summed E-state index contributed by atoms with van der Waals surface area (Å²) in [5, 5.41) is 18.7. The molecular formula is C20H32O3. The van der Waals surface area contributed by atoms with Gasteiger partial charge in [-0.05, 0) is 43.4 Å². The summed E-state index contributed by atoms with van der Waals surface area (Å²) >= 11 is 0. The number of hydrogen-bond donors (Lipinski definition) is 2. The maximum absolute atomic E-state index is 11.8. The fourth-order valence-electron chi connectivity index (χ4n) is 2.78. The maximum atomic E-state index is 11.8. The van der Waals surface area contributed by atoms with Crippen molar-refractivity contribution in [1.29, 1.82) is 0 Å². The molecule has 0 aliphatic rings. The van der Waals surface area contributed by atoms with Crippen LogP contribution in [-0.2, 0) is 11.2 Å². The van der Waals surface area contributed by atoms with E-state index in [9.17, 15) is 15.0 Å². The molecular weight excluding hydrogens is 288 g/mol. The Bertz CT molecular complexity index is 454. The van der Waals surface area contributed by atoms with Gasteiger partial charge in [0.25, 0.3) is 0 Å². The van der Waals surface area contributed by atoms with Crippen molar-refractivity contribution in [2.45, 2.75) is 84.0 Å². The van der Waals surface area contributed by atoms with Gasteiger partial charge in [-0.2, -0.15) is 0 Å². The summed E-state index contributed by atoms with van der Waals surface area (Å²) in [5.41, 5.74) is 1.000. The van der Waals surface area contributed by atoms with E-state index in [-0.39, 0.29) is 11.5 Å². The molecule has 1 rings (SSSR count). The van der Waals surface area contributed by atoms with Crippen molar-refractivity contribution in [2.24, 2.45) is 0 Å². The molecule has 0 atom stereocenters. The van der Waals surface area contributed by atoms with Gasteiger partial charge in [0, 0.05) is 12.8 Å². The van der Waals surface area contributed by atoms with Crippen molar-refractivity contribution in [3.05, 3.63) is 23.8 Å². The van der Waals surface area contributed by atoms with E-state index in [0.717, 1.165) is 37.7 Å². The molecule has 0 heterocycles. The largest absolute Gasteiger partial charge is 0.504 e. The molecule has 0 aromatic heterocycles. The van der Waals surface area contributed by atoms with Gasteiger partial charge in [-0.15, -0.1) is 0 Å². The smallest absolute Gasteiger partial charge is 0.157 e. The van der Waals surface area contributed by atoms with Crippen LogP contribution in [0.3, 0.4) is 0 Å². The van der Waals surface area contributed by atoms with E-state index in [4.69, 9.17) is 0 Å². The monoisotopic (exact) mass is 320 g/mol. The van der Waals surface area contributed by atoms with Crippen molar-refractivity contribution >= 4 is 5.78 Å². The van der Waals surface area contributed by atoms with Crippen LogP contribution >= 0.6 is 0 Å². The van der Waals surface area contributed by atoms with E-state index in [2.05, 4.69) is 6.92 Å². The van der Waals surface area contributed by atoms with E-state index in [0.29, 0.717) is 12.2 Å². The second-order valence-electron chi connectivity index (χ2n) is 6.44. The molecule has 3 heteroatoms. The third kappa shape index (κ3) is 9.27. The molecule has 0 saturated heterocycles. The van der Waals surface area contributed by atoms with Gasteiger partial charge < -0.3 is 10.2 Å². The third-order valence-electron chi connectivity index (χ3n) is 4.27. The molecule has 0 aliphatic heterocycles. The SMILES string of the molecule is CCCCCCCCCC(=O)CCCCc1ccc(O)c(O)c1. The predicted octanol–water partition coefficient (Wildman–Crippen LogP) is 5.52. The van der Waals surface area contributed by atoms with Crippen LogP contribution in [0.1, 0.15) is 83.1 Å². The summed E-state index contributed by atoms with van der Waals surface area (Å²) in [6, 6.07) is 4.92. The zero-order chi connectivity index (χ0) is 16.9. The van der Waals surface area contributed by atoms with Gasteiger partial charge in [0.05, 0.1) is 0 Å². The number of aromatic hydroxyl groups is 2. The molecule has 23 heavy (non-hydrogen) atoms. The molecule has 0 bridgehead atoms. The number of rotatable bonds is 13. The maximum Gasteiger partial charge on any atom is 0.157 e. The lowest BCUT2D eigenvalue weighted by atomic mass is 10.0. The number of Topliss-reactive ketones (excluding diaryl/α,β-unsaturated/α-hetero) is 1. The van der Waals surface area contributed by atoms with Crippen LogP contribution in [0.5, 0.6) is 11.5 Å². The van der Waals surface area contributed by atoms with Crippen LogP contribution in [0, 0.1) is 0 Å². The predicted molar refractivity (Wildman–Crippen MR) is 94.9 cm³/mol. The summed E-state index contributed by atoms with van der Waals surface area (Å²) in [6.07, 6.45) is 12.8. The summed E-state index contributed by atoms with van der Waals surface area (Å²) in [5.74, 6) is 0.225. The number of ketones is 1. The minimum Gasteiger partial charge on any atom is -0.504 e. The molecule has 0 aliphatic carbocycles. The highest BCUT2D eigenvalue weighted by atomic mass is 16.3. The van der Waals surface area contributed by atoms with Gasteiger partial charge in [0.15, 0.2) is 11.5 Å². The molecule has 0 spiro atoms. The molecule has 0 saturated carbocycles. The van der Waals surface area contributed by atoms with Gasteiger partial charge in [-0.1, -0.05) is 51.5 Å². The standard InChI is InChI=1S/C20H32O3/c1-2-3-4-5-6-7-8-12-18(21)13-10-9-11-17-14-15-19(22)20(23)16-17/h14-16,22-23H,2-13H2,1H3. The first-order valence-electron chi connectivity index (χ1n) is 9.16. The summed E-state index contributed by atoms with van der Waals surface area (Å²) in [7, 11) is 0. The molecule has 1 aromatic carbocycles. The van der Waals surface area contributed by atoms with Crippen molar-refractivity contribution < 1.29 is 15.0 Å². The van der Waals surface area contributed by atoms with E-state index in [1.54, 1.807) is 6.07 Å². The van der Waals surface area contributed by atoms with Crippen LogP contribution in [0.15, 0.2) is 18.2 Å². The zero-order valence-electron chi connectivity index (χ0n) is 14.5. The lowest BCUT2D eigenvalue weighted by molar-refractivity contribution is -0.119. The number of carbonyl (C=O) groups is 1. The Morgan fingerprint density at radius 3 is 2.09 bits per heavy atom. The van der Waals surface area contributed by atoms with Gasteiger partial charge in [-0.25, -0.2) is 0 Å². The Labute approximate surface area is 140 Å². The average molecular weight is 320 g/mol. The number of benzene rings is 1. The van der Waals surface area contributed by atoms with Crippen LogP contribution in [0.4, 0.5) is 0 Å². The van der Waals surface area contributed by atoms with Crippen molar-refractivity contribution in [3.63, 3.8) is 0 Å². The normalized spacial score (nSPS) is 10.8. The Kier molecular flexibility index (Phi) is 10.2. The van der Waals surface area contributed by atoms with Crippen LogP contribution in [0.2, 0.25) is 0 Å². The quantitative estimate of drug-likeness (QED) is 0.371. The second kappa shape index (κ2) is 12.0. The van der Waals surface area contributed by atoms with Gasteiger partial charge in [0.2, 0.25) is 0 Å². The highest BCUT2D eigenvalue weighted by Gasteiger charge is 2.04. The Balaban J connectivity index is 2.00. The molecule has 0 radical (unpaired) electrons. The van der Waals surface area contributed by atoms with Gasteiger partial charge in [0.1, 0.15) is 5.78 Å². The zero-order valence-corrected chi connectivity index (χ0v) is 14.5. The first-order chi connectivity index (χ1) is 11.1. The fraction of sp³-hybridized carbons (Fsp3) is 0.650. The molecule has 0 amide bonds. The Morgan fingerprint density at radius 1 is 0.826 bits per heavy atom. The number of aryl methyl sites for hydroxylation is 1. The average Bonchev–Trinajstić information content (AvgIpc) is 2.54. The minimum absolute atomic E-state index is 0.0717. The van der Waals surface area contributed by atoms with E-state index in [1.807, 2.05) is 6.07 Å². The van der Waals surface area contributed by atoms with Crippen molar-refractivity contribution in [3.8, 4) is 11.5 Å². The lowest BCUT2D eigenvalue weighted by Crippen LogP contribution is -1.98. The molecule has 1 aromatic rings. The molecule has 3 nitrogen and oxygen atoms in total. The van der Waals surface area contributed by atoms with E-state index in [1.165, 1.54) is 44.6 Å². The molecule has 0 unspecified atom stereocenters. The van der Waals surface area contributed by atoms with Gasteiger partial charge in [-0.3, -0.25) is 4.79 Å². The Hall–Kier alpha value is -1.51. The third-order valence-corrected chi connectivity index (χ3v) is 4.27. The van der Waals surface area contributed by atoms with E-state index < -0.39 is 0 Å². The molecule has 0 fully saturated rings. The number of unbranched alkanes of at least 4 members (excludes halogenated alkanes) is 7.